The monoisotopic (exact) mass is 306 g/mol. The van der Waals surface area contributed by atoms with Crippen molar-refractivity contribution in [2.24, 2.45) is 0 Å². The van der Waals surface area contributed by atoms with Crippen molar-refractivity contribution < 1.29 is 4.79 Å². The Morgan fingerprint density at radius 1 is 1.04 bits per heavy atom. The van der Waals surface area contributed by atoms with Crippen molar-refractivity contribution in [1.82, 2.24) is 14.8 Å². The molecule has 0 aliphatic carbocycles. The summed E-state index contributed by atoms with van der Waals surface area (Å²) in [5.41, 5.74) is 4.91. The van der Waals surface area contributed by atoms with Gasteiger partial charge < -0.3 is 5.32 Å². The van der Waals surface area contributed by atoms with Gasteiger partial charge in [0.05, 0.1) is 22.6 Å². The Kier molecular flexibility index (Phi) is 3.93. The highest BCUT2D eigenvalue weighted by molar-refractivity contribution is 6.05. The maximum absolute atomic E-state index is 12.4. The second-order valence-electron chi connectivity index (χ2n) is 5.50. The summed E-state index contributed by atoms with van der Waals surface area (Å²) in [7, 11) is 0. The molecular weight excluding hydrogens is 288 g/mol. The first-order valence-corrected chi connectivity index (χ1v) is 7.41. The summed E-state index contributed by atoms with van der Waals surface area (Å²) in [5.74, 6) is -0.188. The molecule has 2 heterocycles. The third-order valence-electron chi connectivity index (χ3n) is 3.56. The number of amides is 1. The average Bonchev–Trinajstić information content (AvgIpc) is 2.87. The molecule has 1 amide bonds. The number of nitrogens with zero attached hydrogens (tertiary/aromatic N) is 3. The predicted molar refractivity (Wildman–Crippen MR) is 90.0 cm³/mol. The largest absolute Gasteiger partial charge is 0.320 e. The van der Waals surface area contributed by atoms with Gasteiger partial charge in [0.2, 0.25) is 0 Å². The Balaban J connectivity index is 1.93. The van der Waals surface area contributed by atoms with Crippen LogP contribution in [0.25, 0.3) is 5.69 Å². The van der Waals surface area contributed by atoms with Gasteiger partial charge in [0.25, 0.3) is 5.91 Å². The molecule has 1 aromatic carbocycles. The van der Waals surface area contributed by atoms with Crippen LogP contribution in [0.4, 0.5) is 5.69 Å². The molecule has 0 spiro atoms. The zero-order chi connectivity index (χ0) is 16.4. The number of nitrogens with one attached hydrogen (secondary N) is 1. The summed E-state index contributed by atoms with van der Waals surface area (Å²) in [4.78, 5) is 16.6. The minimum Gasteiger partial charge on any atom is -0.320 e. The maximum Gasteiger partial charge on any atom is 0.257 e. The molecule has 2 aromatic heterocycles. The quantitative estimate of drug-likeness (QED) is 0.806. The highest BCUT2D eigenvalue weighted by Crippen LogP contribution is 2.22. The molecule has 0 unspecified atom stereocenters. The molecule has 0 saturated heterocycles. The van der Waals surface area contributed by atoms with Gasteiger partial charge >= 0.3 is 0 Å². The fourth-order valence-corrected chi connectivity index (χ4v) is 2.43. The van der Waals surface area contributed by atoms with E-state index in [9.17, 15) is 4.79 Å². The second-order valence-corrected chi connectivity index (χ2v) is 5.50. The maximum atomic E-state index is 12.4. The highest BCUT2D eigenvalue weighted by atomic mass is 16.1. The fourth-order valence-electron chi connectivity index (χ4n) is 2.43. The van der Waals surface area contributed by atoms with E-state index in [0.717, 1.165) is 22.8 Å². The van der Waals surface area contributed by atoms with Crippen molar-refractivity contribution in [3.63, 3.8) is 0 Å². The molecule has 0 fully saturated rings. The number of hydrogen-bond acceptors (Lipinski definition) is 3. The van der Waals surface area contributed by atoms with E-state index in [1.165, 1.54) is 0 Å². The number of benzene rings is 1. The third kappa shape index (κ3) is 3.13. The summed E-state index contributed by atoms with van der Waals surface area (Å²) in [6.45, 7) is 5.82. The summed E-state index contributed by atoms with van der Waals surface area (Å²) in [6.07, 6.45) is 1.58. The van der Waals surface area contributed by atoms with Crippen LogP contribution < -0.4 is 5.32 Å². The number of anilines is 1. The SMILES string of the molecule is Cc1ccc(C(=O)Nc2ccccc2-n2nc(C)cc2C)cn1. The molecule has 23 heavy (non-hydrogen) atoms. The first-order valence-electron chi connectivity index (χ1n) is 7.41. The Labute approximate surface area is 135 Å². The minimum atomic E-state index is -0.188. The fraction of sp³-hybridized carbons (Fsp3) is 0.167. The lowest BCUT2D eigenvalue weighted by atomic mass is 10.2. The molecule has 0 saturated carbocycles. The number of hydrogen-bond donors (Lipinski definition) is 1. The van der Waals surface area contributed by atoms with E-state index >= 15 is 0 Å². The van der Waals surface area contributed by atoms with Crippen molar-refractivity contribution in [1.29, 1.82) is 0 Å². The molecule has 3 rings (SSSR count). The van der Waals surface area contributed by atoms with Crippen LogP contribution in [0.3, 0.4) is 0 Å². The van der Waals surface area contributed by atoms with Crippen molar-refractivity contribution in [3.8, 4) is 5.69 Å². The lowest BCUT2D eigenvalue weighted by molar-refractivity contribution is 0.102. The van der Waals surface area contributed by atoms with Crippen LogP contribution >= 0.6 is 0 Å². The van der Waals surface area contributed by atoms with E-state index in [-0.39, 0.29) is 5.91 Å². The zero-order valence-electron chi connectivity index (χ0n) is 13.4. The van der Waals surface area contributed by atoms with Gasteiger partial charge in [-0.1, -0.05) is 12.1 Å². The van der Waals surface area contributed by atoms with Gasteiger partial charge in [-0.15, -0.1) is 0 Å². The Morgan fingerprint density at radius 2 is 1.83 bits per heavy atom. The van der Waals surface area contributed by atoms with Crippen molar-refractivity contribution in [3.05, 3.63) is 71.3 Å². The normalized spacial score (nSPS) is 10.6. The van der Waals surface area contributed by atoms with Crippen LogP contribution in [-0.2, 0) is 0 Å². The Morgan fingerprint density at radius 3 is 2.48 bits per heavy atom. The van der Waals surface area contributed by atoms with Gasteiger partial charge in [0.15, 0.2) is 0 Å². The van der Waals surface area contributed by atoms with Crippen molar-refractivity contribution in [2.75, 3.05) is 5.32 Å². The summed E-state index contributed by atoms with van der Waals surface area (Å²) in [6, 6.07) is 13.2. The first-order chi connectivity index (χ1) is 11.0. The topological polar surface area (TPSA) is 59.8 Å². The molecule has 5 heteroatoms. The van der Waals surface area contributed by atoms with Gasteiger partial charge in [-0.3, -0.25) is 9.78 Å². The van der Waals surface area contributed by atoms with Crippen LogP contribution in [0, 0.1) is 20.8 Å². The van der Waals surface area contributed by atoms with Crippen LogP contribution in [-0.4, -0.2) is 20.7 Å². The number of para-hydroxylation sites is 2. The van der Waals surface area contributed by atoms with Crippen LogP contribution in [0.1, 0.15) is 27.4 Å². The standard InChI is InChI=1S/C18H18N4O/c1-12-8-9-15(11-19-12)18(23)20-16-6-4-5-7-17(16)22-14(3)10-13(2)21-22/h4-11H,1-3H3,(H,20,23). The molecule has 5 nitrogen and oxygen atoms in total. The summed E-state index contributed by atoms with van der Waals surface area (Å²) < 4.78 is 1.83. The van der Waals surface area contributed by atoms with Crippen molar-refractivity contribution in [2.45, 2.75) is 20.8 Å². The molecule has 0 bridgehead atoms. The Bertz CT molecular complexity index is 850. The third-order valence-corrected chi connectivity index (χ3v) is 3.56. The van der Waals surface area contributed by atoms with Gasteiger partial charge in [-0.05, 0) is 51.1 Å². The van der Waals surface area contributed by atoms with E-state index in [4.69, 9.17) is 0 Å². The number of carbonyl (C=O) groups excluding carboxylic acids is 1. The summed E-state index contributed by atoms with van der Waals surface area (Å²) in [5, 5.41) is 7.43. The molecule has 3 aromatic rings. The molecule has 0 aliphatic rings. The van der Waals surface area contributed by atoms with Crippen LogP contribution in [0.15, 0.2) is 48.7 Å². The molecule has 0 aliphatic heterocycles. The zero-order valence-corrected chi connectivity index (χ0v) is 13.4. The molecule has 1 N–H and O–H groups in total. The number of carbonyl (C=O) groups is 1. The smallest absolute Gasteiger partial charge is 0.257 e. The first kappa shape index (κ1) is 15.0. The average molecular weight is 306 g/mol. The van der Waals surface area contributed by atoms with Crippen LogP contribution in [0.5, 0.6) is 0 Å². The van der Waals surface area contributed by atoms with Gasteiger partial charge in [-0.2, -0.15) is 5.10 Å². The molecule has 116 valence electrons. The number of aryl methyl sites for hydroxylation is 3. The number of aromatic nitrogens is 3. The number of pyridine rings is 1. The van der Waals surface area contributed by atoms with Gasteiger partial charge in [-0.25, -0.2) is 4.68 Å². The van der Waals surface area contributed by atoms with E-state index in [1.54, 1.807) is 12.3 Å². The van der Waals surface area contributed by atoms with Crippen LogP contribution in [0.2, 0.25) is 0 Å². The van der Waals surface area contributed by atoms with E-state index in [2.05, 4.69) is 15.4 Å². The Hall–Kier alpha value is -2.95. The van der Waals surface area contributed by atoms with Gasteiger partial charge in [0.1, 0.15) is 0 Å². The van der Waals surface area contributed by atoms with E-state index < -0.39 is 0 Å². The molecular formula is C18H18N4O. The van der Waals surface area contributed by atoms with Crippen molar-refractivity contribution >= 4 is 11.6 Å². The lowest BCUT2D eigenvalue weighted by Gasteiger charge is -2.12. The number of rotatable bonds is 3. The van der Waals surface area contributed by atoms with E-state index in [0.29, 0.717) is 11.3 Å². The molecule has 0 radical (unpaired) electrons. The molecule has 0 atom stereocenters. The summed E-state index contributed by atoms with van der Waals surface area (Å²) >= 11 is 0. The minimum absolute atomic E-state index is 0.188. The lowest BCUT2D eigenvalue weighted by Crippen LogP contribution is -2.14. The second kappa shape index (κ2) is 6.04. The van der Waals surface area contributed by atoms with Gasteiger partial charge in [0, 0.05) is 17.6 Å². The highest BCUT2D eigenvalue weighted by Gasteiger charge is 2.12. The van der Waals surface area contributed by atoms with E-state index in [1.807, 2.05) is 61.9 Å². The predicted octanol–water partition coefficient (Wildman–Crippen LogP) is 3.44.